The van der Waals surface area contributed by atoms with E-state index in [1.54, 1.807) is 0 Å². The van der Waals surface area contributed by atoms with Gasteiger partial charge in [0.1, 0.15) is 5.82 Å². The summed E-state index contributed by atoms with van der Waals surface area (Å²) in [4.78, 5) is 3.38. The SMILES string of the molecule is CC.Cc1cc(F)c(-c2cc(N)c(Cl)c([O-])n2)c(F)c1F.[K+]. The summed E-state index contributed by atoms with van der Waals surface area (Å²) in [5.41, 5.74) is 3.89. The number of nitrogen functional groups attached to an aromatic ring is 1. The molecule has 0 saturated carbocycles. The van der Waals surface area contributed by atoms with Crippen LogP contribution in [-0.4, -0.2) is 4.98 Å². The van der Waals surface area contributed by atoms with E-state index in [1.807, 2.05) is 13.8 Å². The van der Waals surface area contributed by atoms with Crippen LogP contribution in [0.3, 0.4) is 0 Å². The average Bonchev–Trinajstić information content (AvgIpc) is 2.44. The molecule has 0 aliphatic rings. The first-order valence-electron chi connectivity index (χ1n) is 6.10. The Bertz CT molecular complexity index is 661. The van der Waals surface area contributed by atoms with Crippen LogP contribution in [0.1, 0.15) is 19.4 Å². The Labute approximate surface area is 174 Å². The Morgan fingerprint density at radius 1 is 1.14 bits per heavy atom. The molecule has 2 aromatic rings. The van der Waals surface area contributed by atoms with Crippen LogP contribution in [0.25, 0.3) is 11.3 Å². The Hall–Kier alpha value is -0.314. The third kappa shape index (κ3) is 4.36. The van der Waals surface area contributed by atoms with Crippen molar-refractivity contribution >= 4 is 17.3 Å². The maximum atomic E-state index is 13.7. The minimum absolute atomic E-state index is 0. The summed E-state index contributed by atoms with van der Waals surface area (Å²) >= 11 is 5.51. The molecule has 114 valence electrons. The molecule has 0 aliphatic heterocycles. The maximum absolute atomic E-state index is 13.7. The molecule has 2 rings (SSSR count). The van der Waals surface area contributed by atoms with E-state index in [1.165, 1.54) is 6.92 Å². The second-order valence-electron chi connectivity index (χ2n) is 3.89. The maximum Gasteiger partial charge on any atom is 1.00 e. The number of nitrogens with two attached hydrogens (primary N) is 1. The number of hydrogen-bond donors (Lipinski definition) is 1. The zero-order valence-corrected chi connectivity index (χ0v) is 16.5. The molecule has 0 atom stereocenters. The fourth-order valence-electron chi connectivity index (χ4n) is 1.60. The third-order valence-electron chi connectivity index (χ3n) is 2.55. The fraction of sp³-hybridized carbons (Fsp3) is 0.214. The molecule has 3 nitrogen and oxygen atoms in total. The van der Waals surface area contributed by atoms with Gasteiger partial charge in [0.2, 0.25) is 0 Å². The van der Waals surface area contributed by atoms with Gasteiger partial charge >= 0.3 is 51.4 Å². The summed E-state index contributed by atoms with van der Waals surface area (Å²) in [7, 11) is 0. The van der Waals surface area contributed by atoms with Gasteiger partial charge in [-0.15, -0.1) is 0 Å². The predicted octanol–water partition coefficient (Wildman–Crippen LogP) is 0.814. The van der Waals surface area contributed by atoms with Crippen molar-refractivity contribution in [2.24, 2.45) is 0 Å². The van der Waals surface area contributed by atoms with Crippen molar-refractivity contribution in [3.63, 3.8) is 0 Å². The topological polar surface area (TPSA) is 62.0 Å². The molecule has 1 heterocycles. The zero-order valence-electron chi connectivity index (χ0n) is 12.6. The monoisotopic (exact) mass is 356 g/mol. The molecular formula is C14H13ClF3KN2O. The molecule has 0 aliphatic carbocycles. The van der Waals surface area contributed by atoms with E-state index in [-0.39, 0.29) is 67.7 Å². The van der Waals surface area contributed by atoms with Gasteiger partial charge in [0.05, 0.1) is 22.0 Å². The molecule has 1 aromatic heterocycles. The van der Waals surface area contributed by atoms with E-state index in [0.717, 1.165) is 12.1 Å². The van der Waals surface area contributed by atoms with Crippen molar-refractivity contribution in [3.8, 4) is 17.1 Å². The van der Waals surface area contributed by atoms with Crippen molar-refractivity contribution in [1.82, 2.24) is 4.98 Å². The minimum Gasteiger partial charge on any atom is -0.858 e. The number of hydrogen-bond acceptors (Lipinski definition) is 3. The van der Waals surface area contributed by atoms with E-state index >= 15 is 0 Å². The minimum atomic E-state index is -1.42. The second-order valence-corrected chi connectivity index (χ2v) is 4.27. The van der Waals surface area contributed by atoms with Gasteiger partial charge in [0, 0.05) is 5.88 Å². The molecule has 0 fully saturated rings. The van der Waals surface area contributed by atoms with Gasteiger partial charge in [-0.1, -0.05) is 25.4 Å². The van der Waals surface area contributed by atoms with E-state index < -0.39 is 34.6 Å². The molecule has 2 N–H and O–H groups in total. The first kappa shape index (κ1) is 21.7. The summed E-state index contributed by atoms with van der Waals surface area (Å²) in [5.74, 6) is -4.60. The number of aromatic nitrogens is 1. The standard InChI is InChI=1S/C12H8ClF3N2O.C2H6.K/c1-4-2-5(14)8(11(16)10(4)15)7-3-6(17)9(13)12(19)18-7;1-2;/h2-3H,1H3,(H3,17,18,19);1-2H3;/q;;+1/p-1. The molecule has 0 amide bonds. The predicted molar refractivity (Wildman–Crippen MR) is 74.5 cm³/mol. The summed E-state index contributed by atoms with van der Waals surface area (Å²) in [6.45, 7) is 5.22. The number of benzene rings is 1. The first-order chi connectivity index (χ1) is 9.82. The van der Waals surface area contributed by atoms with Gasteiger partial charge in [-0.2, -0.15) is 0 Å². The fourth-order valence-corrected chi connectivity index (χ4v) is 1.70. The van der Waals surface area contributed by atoms with Gasteiger partial charge in [0.25, 0.3) is 0 Å². The van der Waals surface area contributed by atoms with Gasteiger partial charge in [-0.05, 0) is 24.6 Å². The number of rotatable bonds is 1. The van der Waals surface area contributed by atoms with Gasteiger partial charge in [-0.3, -0.25) is 4.98 Å². The smallest absolute Gasteiger partial charge is 0.858 e. The summed E-state index contributed by atoms with van der Waals surface area (Å²) in [6.07, 6.45) is 0. The number of pyridine rings is 1. The molecule has 1 aromatic carbocycles. The van der Waals surface area contributed by atoms with Crippen LogP contribution in [0.5, 0.6) is 5.88 Å². The molecular weight excluding hydrogens is 344 g/mol. The first-order valence-corrected chi connectivity index (χ1v) is 6.48. The van der Waals surface area contributed by atoms with Gasteiger partial charge in [0.15, 0.2) is 11.6 Å². The van der Waals surface area contributed by atoms with E-state index in [0.29, 0.717) is 0 Å². The molecule has 0 radical (unpaired) electrons. The van der Waals surface area contributed by atoms with Crippen LogP contribution in [0.4, 0.5) is 18.9 Å². The Balaban J connectivity index is 0.00000141. The molecule has 22 heavy (non-hydrogen) atoms. The second kappa shape index (κ2) is 9.10. The van der Waals surface area contributed by atoms with Gasteiger partial charge < -0.3 is 10.8 Å². The zero-order chi connectivity index (χ0) is 16.3. The van der Waals surface area contributed by atoms with Crippen LogP contribution in [0, 0.1) is 24.4 Å². The molecule has 0 bridgehead atoms. The van der Waals surface area contributed by atoms with E-state index in [2.05, 4.69) is 4.98 Å². The van der Waals surface area contributed by atoms with E-state index in [9.17, 15) is 18.3 Å². The molecule has 0 spiro atoms. The number of nitrogens with zero attached hydrogens (tertiary/aromatic N) is 1. The largest absolute Gasteiger partial charge is 1.00 e. The average molecular weight is 357 g/mol. The summed E-state index contributed by atoms with van der Waals surface area (Å²) in [6, 6.07) is 1.82. The quantitative estimate of drug-likeness (QED) is 0.607. The van der Waals surface area contributed by atoms with Gasteiger partial charge in [-0.25, -0.2) is 13.2 Å². The Kier molecular flexibility index (Phi) is 8.97. The number of aryl methyl sites for hydroxylation is 1. The van der Waals surface area contributed by atoms with Crippen LogP contribution < -0.4 is 62.2 Å². The number of halogens is 4. The summed E-state index contributed by atoms with van der Waals surface area (Å²) in [5, 5.41) is 11.0. The Morgan fingerprint density at radius 2 is 1.68 bits per heavy atom. The normalized spacial score (nSPS) is 9.59. The van der Waals surface area contributed by atoms with Crippen molar-refractivity contribution < 1.29 is 69.7 Å². The van der Waals surface area contributed by atoms with Crippen molar-refractivity contribution in [1.29, 1.82) is 0 Å². The van der Waals surface area contributed by atoms with E-state index in [4.69, 9.17) is 17.3 Å². The van der Waals surface area contributed by atoms with Crippen molar-refractivity contribution in [2.75, 3.05) is 5.73 Å². The van der Waals surface area contributed by atoms with Crippen molar-refractivity contribution in [3.05, 3.63) is 40.2 Å². The van der Waals surface area contributed by atoms with Crippen molar-refractivity contribution in [2.45, 2.75) is 20.8 Å². The third-order valence-corrected chi connectivity index (χ3v) is 2.93. The molecule has 8 heteroatoms. The molecule has 0 saturated heterocycles. The Morgan fingerprint density at radius 3 is 2.18 bits per heavy atom. The van der Waals surface area contributed by atoms with Crippen LogP contribution in [0.2, 0.25) is 5.02 Å². The molecule has 0 unspecified atom stereocenters. The van der Waals surface area contributed by atoms with Crippen LogP contribution in [-0.2, 0) is 0 Å². The number of anilines is 1. The van der Waals surface area contributed by atoms with Crippen LogP contribution in [0.15, 0.2) is 12.1 Å². The van der Waals surface area contributed by atoms with Crippen LogP contribution >= 0.6 is 11.6 Å². The summed E-state index contributed by atoms with van der Waals surface area (Å²) < 4.78 is 40.9.